The highest BCUT2D eigenvalue weighted by Crippen LogP contribution is 2.43. The zero-order valence-electron chi connectivity index (χ0n) is 25.3. The van der Waals surface area contributed by atoms with Crippen molar-refractivity contribution in [3.05, 3.63) is 188 Å². The minimum Gasteiger partial charge on any atom is -0.456 e. The molecule has 0 bridgehead atoms. The first kappa shape index (κ1) is 27.4. The Morgan fingerprint density at radius 3 is 1.70 bits per heavy atom. The molecule has 0 radical (unpaired) electrons. The van der Waals surface area contributed by atoms with Gasteiger partial charge in [-0.2, -0.15) is 0 Å². The van der Waals surface area contributed by atoms with E-state index >= 15 is 0 Å². The normalized spacial score (nSPS) is 11.0. The van der Waals surface area contributed by atoms with Crippen molar-refractivity contribution in [2.75, 3.05) is 4.90 Å². The van der Waals surface area contributed by atoms with E-state index in [1.807, 2.05) is 18.2 Å². The number of benzene rings is 7. The molecule has 0 aliphatic carbocycles. The molecule has 1 aromatic heterocycles. The monoisotopic (exact) mass is 589 g/mol. The highest BCUT2D eigenvalue weighted by atomic mass is 16.3. The Bertz CT molecular complexity index is 2220. The molecule has 0 fully saturated rings. The highest BCUT2D eigenvalue weighted by molar-refractivity contribution is 5.91. The molecular formula is C44H31NO. The van der Waals surface area contributed by atoms with E-state index in [2.05, 4.69) is 175 Å². The summed E-state index contributed by atoms with van der Waals surface area (Å²) in [7, 11) is 0. The van der Waals surface area contributed by atoms with Crippen molar-refractivity contribution in [1.29, 1.82) is 0 Å². The lowest BCUT2D eigenvalue weighted by Crippen LogP contribution is -2.11. The predicted octanol–water partition coefficient (Wildman–Crippen LogP) is 12.6. The van der Waals surface area contributed by atoms with Crippen LogP contribution in [0.15, 0.2) is 192 Å². The smallest absolute Gasteiger partial charge is 0.136 e. The summed E-state index contributed by atoms with van der Waals surface area (Å²) in [5, 5.41) is 1.10. The van der Waals surface area contributed by atoms with Gasteiger partial charge < -0.3 is 9.32 Å². The van der Waals surface area contributed by atoms with Gasteiger partial charge in [-0.25, -0.2) is 0 Å². The van der Waals surface area contributed by atoms with Crippen molar-refractivity contribution in [3.63, 3.8) is 0 Å². The molecule has 0 amide bonds. The van der Waals surface area contributed by atoms with E-state index in [0.29, 0.717) is 0 Å². The minimum atomic E-state index is 0.872. The second-order valence-electron chi connectivity index (χ2n) is 11.4. The summed E-state index contributed by atoms with van der Waals surface area (Å²) in [6, 6.07) is 66.3. The Balaban J connectivity index is 1.25. The summed E-state index contributed by atoms with van der Waals surface area (Å²) in [4.78, 5) is 2.36. The largest absolute Gasteiger partial charge is 0.456 e. The Labute approximate surface area is 269 Å². The van der Waals surface area contributed by atoms with Crippen LogP contribution in [-0.4, -0.2) is 0 Å². The van der Waals surface area contributed by atoms with Crippen molar-refractivity contribution >= 4 is 28.0 Å². The van der Waals surface area contributed by atoms with Gasteiger partial charge in [0.2, 0.25) is 0 Å². The molecule has 0 spiro atoms. The van der Waals surface area contributed by atoms with Gasteiger partial charge in [-0.3, -0.25) is 0 Å². The number of fused-ring (bicyclic) bond motifs is 1. The number of rotatable bonds is 7. The lowest BCUT2D eigenvalue weighted by molar-refractivity contribution is 0.632. The fourth-order valence-electron chi connectivity index (χ4n) is 6.27. The third kappa shape index (κ3) is 5.27. The third-order valence-corrected chi connectivity index (χ3v) is 8.50. The summed E-state index contributed by atoms with van der Waals surface area (Å²) >= 11 is 0. The van der Waals surface area contributed by atoms with Crippen LogP contribution in [0.25, 0.3) is 55.7 Å². The van der Waals surface area contributed by atoms with Gasteiger partial charge in [0.05, 0.1) is 5.69 Å². The van der Waals surface area contributed by atoms with Gasteiger partial charge in [-0.05, 0) is 70.3 Å². The molecule has 218 valence electrons. The van der Waals surface area contributed by atoms with Crippen molar-refractivity contribution in [3.8, 4) is 44.7 Å². The third-order valence-electron chi connectivity index (χ3n) is 8.50. The Morgan fingerprint density at radius 2 is 0.935 bits per heavy atom. The maximum Gasteiger partial charge on any atom is 0.136 e. The molecular weight excluding hydrogens is 558 g/mol. The number of para-hydroxylation sites is 2. The molecule has 0 N–H and O–H groups in total. The standard InChI is InChI=1S/C44H31NO/c1-3-14-32(15-4-1)35-19-13-20-38(30-35)45(42-24-11-10-22-40(42)33-16-5-2-6-17-33)37-28-26-34(27-29-37)39-21-8-9-23-41(39)44-31-36-18-7-12-25-43(36)46-44/h1-31H. The summed E-state index contributed by atoms with van der Waals surface area (Å²) in [5.74, 6) is 0.872. The van der Waals surface area contributed by atoms with Crippen LogP contribution < -0.4 is 4.90 Å². The van der Waals surface area contributed by atoms with E-state index < -0.39 is 0 Å². The second-order valence-corrected chi connectivity index (χ2v) is 11.4. The van der Waals surface area contributed by atoms with Gasteiger partial charge in [-0.1, -0.05) is 146 Å². The summed E-state index contributed by atoms with van der Waals surface area (Å²) in [5.41, 5.74) is 12.3. The minimum absolute atomic E-state index is 0.872. The zero-order chi connectivity index (χ0) is 30.7. The van der Waals surface area contributed by atoms with Gasteiger partial charge in [-0.15, -0.1) is 0 Å². The van der Waals surface area contributed by atoms with Crippen LogP contribution in [-0.2, 0) is 0 Å². The van der Waals surface area contributed by atoms with Crippen molar-refractivity contribution < 1.29 is 4.42 Å². The molecule has 0 saturated heterocycles. The van der Waals surface area contributed by atoms with E-state index in [0.717, 1.165) is 50.5 Å². The van der Waals surface area contributed by atoms with Gasteiger partial charge >= 0.3 is 0 Å². The van der Waals surface area contributed by atoms with Crippen molar-refractivity contribution in [1.82, 2.24) is 0 Å². The molecule has 0 atom stereocenters. The van der Waals surface area contributed by atoms with Crippen molar-refractivity contribution in [2.24, 2.45) is 0 Å². The molecule has 46 heavy (non-hydrogen) atoms. The van der Waals surface area contributed by atoms with Crippen LogP contribution in [0, 0.1) is 0 Å². The predicted molar refractivity (Wildman–Crippen MR) is 193 cm³/mol. The molecule has 8 aromatic rings. The summed E-state index contributed by atoms with van der Waals surface area (Å²) < 4.78 is 6.29. The molecule has 2 nitrogen and oxygen atoms in total. The quantitative estimate of drug-likeness (QED) is 0.184. The van der Waals surface area contributed by atoms with Crippen LogP contribution >= 0.6 is 0 Å². The number of anilines is 3. The van der Waals surface area contributed by atoms with E-state index in [1.165, 1.54) is 22.3 Å². The maximum atomic E-state index is 6.29. The average molecular weight is 590 g/mol. The fourth-order valence-corrected chi connectivity index (χ4v) is 6.27. The lowest BCUT2D eigenvalue weighted by atomic mass is 9.97. The fraction of sp³-hybridized carbons (Fsp3) is 0. The number of hydrogen-bond donors (Lipinski definition) is 0. The molecule has 0 unspecified atom stereocenters. The van der Waals surface area contributed by atoms with Crippen molar-refractivity contribution in [2.45, 2.75) is 0 Å². The Kier molecular flexibility index (Phi) is 7.22. The first-order valence-corrected chi connectivity index (χ1v) is 15.6. The van der Waals surface area contributed by atoms with Gasteiger partial charge in [0.1, 0.15) is 11.3 Å². The summed E-state index contributed by atoms with van der Waals surface area (Å²) in [6.45, 7) is 0. The van der Waals surface area contributed by atoms with Gasteiger partial charge in [0.25, 0.3) is 0 Å². The van der Waals surface area contributed by atoms with Crippen LogP contribution in [0.1, 0.15) is 0 Å². The number of furan rings is 1. The molecule has 8 rings (SSSR count). The van der Waals surface area contributed by atoms with Gasteiger partial charge in [0.15, 0.2) is 0 Å². The molecule has 7 aromatic carbocycles. The van der Waals surface area contributed by atoms with E-state index in [1.54, 1.807) is 0 Å². The van der Waals surface area contributed by atoms with E-state index in [9.17, 15) is 0 Å². The average Bonchev–Trinajstić information content (AvgIpc) is 3.58. The van der Waals surface area contributed by atoms with E-state index in [-0.39, 0.29) is 0 Å². The Morgan fingerprint density at radius 1 is 0.348 bits per heavy atom. The zero-order valence-corrected chi connectivity index (χ0v) is 25.3. The lowest BCUT2D eigenvalue weighted by Gasteiger charge is -2.28. The van der Waals surface area contributed by atoms with Gasteiger partial charge in [0, 0.05) is 27.9 Å². The first-order chi connectivity index (χ1) is 22.8. The number of nitrogens with zero attached hydrogens (tertiary/aromatic N) is 1. The summed E-state index contributed by atoms with van der Waals surface area (Å²) in [6.07, 6.45) is 0. The molecule has 1 heterocycles. The molecule has 0 aliphatic rings. The SMILES string of the molecule is c1ccc(-c2cccc(N(c3ccc(-c4ccccc4-c4cc5ccccc5o4)cc3)c3ccccc3-c3ccccc3)c2)cc1. The molecule has 2 heteroatoms. The highest BCUT2D eigenvalue weighted by Gasteiger charge is 2.18. The van der Waals surface area contributed by atoms with Crippen LogP contribution in [0.2, 0.25) is 0 Å². The Hall–Kier alpha value is -6.12. The maximum absolute atomic E-state index is 6.29. The van der Waals surface area contributed by atoms with Crippen LogP contribution in [0.3, 0.4) is 0 Å². The number of hydrogen-bond acceptors (Lipinski definition) is 2. The van der Waals surface area contributed by atoms with E-state index in [4.69, 9.17) is 4.42 Å². The topological polar surface area (TPSA) is 16.4 Å². The van der Waals surface area contributed by atoms with Crippen LogP contribution in [0.5, 0.6) is 0 Å². The molecule has 0 saturated carbocycles. The first-order valence-electron chi connectivity index (χ1n) is 15.6. The molecule has 0 aliphatic heterocycles. The van der Waals surface area contributed by atoms with Crippen LogP contribution in [0.4, 0.5) is 17.1 Å². The second kappa shape index (κ2) is 12.1.